The standard InChI is InChI=1S/C15H21NO4/c1-9(2)16(5)15(19)12-6-10(3)14(11(4)7-12)20-8-13(17)18/h6-7,9H,8H2,1-5H3,(H,17,18). The van der Waals surface area contributed by atoms with Gasteiger partial charge in [-0.15, -0.1) is 0 Å². The van der Waals surface area contributed by atoms with Gasteiger partial charge in [0, 0.05) is 18.7 Å². The third-order valence-corrected chi connectivity index (χ3v) is 3.14. The van der Waals surface area contributed by atoms with Crippen molar-refractivity contribution in [3.63, 3.8) is 0 Å². The Morgan fingerprint density at radius 1 is 1.25 bits per heavy atom. The summed E-state index contributed by atoms with van der Waals surface area (Å²) in [5, 5.41) is 8.65. The Morgan fingerprint density at radius 2 is 1.75 bits per heavy atom. The quantitative estimate of drug-likeness (QED) is 0.897. The van der Waals surface area contributed by atoms with E-state index in [1.807, 2.05) is 13.8 Å². The van der Waals surface area contributed by atoms with E-state index in [1.54, 1.807) is 37.9 Å². The molecule has 1 rings (SSSR count). The van der Waals surface area contributed by atoms with Gasteiger partial charge in [0.25, 0.3) is 5.91 Å². The Morgan fingerprint density at radius 3 is 2.15 bits per heavy atom. The first-order chi connectivity index (χ1) is 9.23. The molecule has 0 atom stereocenters. The monoisotopic (exact) mass is 279 g/mol. The molecule has 0 aliphatic heterocycles. The predicted octanol–water partition coefficient (Wildman–Crippen LogP) is 2.25. The average molecular weight is 279 g/mol. The van der Waals surface area contributed by atoms with Gasteiger partial charge in [-0.05, 0) is 51.0 Å². The molecule has 5 nitrogen and oxygen atoms in total. The maximum Gasteiger partial charge on any atom is 0.341 e. The Balaban J connectivity index is 3.04. The molecule has 0 aliphatic rings. The van der Waals surface area contributed by atoms with Crippen molar-refractivity contribution in [1.29, 1.82) is 0 Å². The molecule has 20 heavy (non-hydrogen) atoms. The van der Waals surface area contributed by atoms with Crippen LogP contribution >= 0.6 is 0 Å². The number of carbonyl (C=O) groups is 2. The average Bonchev–Trinajstić information content (AvgIpc) is 2.35. The van der Waals surface area contributed by atoms with Crippen LogP contribution in [0.15, 0.2) is 12.1 Å². The summed E-state index contributed by atoms with van der Waals surface area (Å²) in [6.45, 7) is 7.11. The van der Waals surface area contributed by atoms with Gasteiger partial charge in [0.2, 0.25) is 0 Å². The normalized spacial score (nSPS) is 10.5. The smallest absolute Gasteiger partial charge is 0.341 e. The molecule has 0 saturated carbocycles. The van der Waals surface area contributed by atoms with Crippen molar-refractivity contribution in [2.45, 2.75) is 33.7 Å². The van der Waals surface area contributed by atoms with Crippen LogP contribution in [0, 0.1) is 13.8 Å². The fourth-order valence-electron chi connectivity index (χ4n) is 1.87. The summed E-state index contributed by atoms with van der Waals surface area (Å²) in [7, 11) is 1.76. The molecular weight excluding hydrogens is 258 g/mol. The zero-order valence-corrected chi connectivity index (χ0v) is 12.6. The minimum Gasteiger partial charge on any atom is -0.481 e. The van der Waals surface area contributed by atoms with Gasteiger partial charge in [-0.1, -0.05) is 0 Å². The van der Waals surface area contributed by atoms with Gasteiger partial charge in [0.05, 0.1) is 0 Å². The number of benzene rings is 1. The second-order valence-corrected chi connectivity index (χ2v) is 5.13. The number of amides is 1. The van der Waals surface area contributed by atoms with Gasteiger partial charge in [-0.25, -0.2) is 4.79 Å². The fraction of sp³-hybridized carbons (Fsp3) is 0.467. The Hall–Kier alpha value is -2.04. The number of hydrogen-bond acceptors (Lipinski definition) is 3. The summed E-state index contributed by atoms with van der Waals surface area (Å²) < 4.78 is 5.25. The lowest BCUT2D eigenvalue weighted by molar-refractivity contribution is -0.139. The van der Waals surface area contributed by atoms with Gasteiger partial charge in [0.15, 0.2) is 6.61 Å². The molecule has 0 radical (unpaired) electrons. The largest absolute Gasteiger partial charge is 0.481 e. The van der Waals surface area contributed by atoms with Gasteiger partial charge < -0.3 is 14.7 Å². The van der Waals surface area contributed by atoms with E-state index < -0.39 is 5.97 Å². The number of carboxylic acid groups (broad SMARTS) is 1. The molecule has 0 bridgehead atoms. The molecule has 5 heteroatoms. The van der Waals surface area contributed by atoms with Gasteiger partial charge in [-0.3, -0.25) is 4.79 Å². The summed E-state index contributed by atoms with van der Waals surface area (Å²) in [6, 6.07) is 3.57. The number of carbonyl (C=O) groups excluding carboxylic acids is 1. The van der Waals surface area contributed by atoms with Crippen LogP contribution in [0.1, 0.15) is 35.3 Å². The predicted molar refractivity (Wildman–Crippen MR) is 76.3 cm³/mol. The zero-order chi connectivity index (χ0) is 15.4. The summed E-state index contributed by atoms with van der Waals surface area (Å²) in [5.74, 6) is -0.560. The van der Waals surface area contributed by atoms with E-state index in [0.717, 1.165) is 11.1 Å². The topological polar surface area (TPSA) is 66.8 Å². The number of hydrogen-bond donors (Lipinski definition) is 1. The summed E-state index contributed by atoms with van der Waals surface area (Å²) >= 11 is 0. The summed E-state index contributed by atoms with van der Waals surface area (Å²) in [5.41, 5.74) is 2.09. The van der Waals surface area contributed by atoms with Crippen LogP contribution in [0.2, 0.25) is 0 Å². The number of aliphatic carboxylic acids is 1. The lowest BCUT2D eigenvalue weighted by Crippen LogP contribution is -2.33. The minimum absolute atomic E-state index is 0.0593. The van der Waals surface area contributed by atoms with Crippen LogP contribution in [-0.2, 0) is 4.79 Å². The molecule has 0 aliphatic carbocycles. The zero-order valence-electron chi connectivity index (χ0n) is 12.6. The molecule has 1 amide bonds. The third-order valence-electron chi connectivity index (χ3n) is 3.14. The maximum absolute atomic E-state index is 12.3. The van der Waals surface area contributed by atoms with E-state index in [2.05, 4.69) is 0 Å². The second-order valence-electron chi connectivity index (χ2n) is 5.13. The van der Waals surface area contributed by atoms with Crippen molar-refractivity contribution < 1.29 is 19.4 Å². The SMILES string of the molecule is Cc1cc(C(=O)N(C)C(C)C)cc(C)c1OCC(=O)O. The molecule has 0 unspecified atom stereocenters. The van der Waals surface area contributed by atoms with Gasteiger partial charge in [-0.2, -0.15) is 0 Å². The van der Waals surface area contributed by atoms with Crippen molar-refractivity contribution in [2.75, 3.05) is 13.7 Å². The first-order valence-corrected chi connectivity index (χ1v) is 6.47. The van der Waals surface area contributed by atoms with E-state index in [9.17, 15) is 9.59 Å². The molecule has 0 aromatic heterocycles. The van der Waals surface area contributed by atoms with Crippen molar-refractivity contribution in [1.82, 2.24) is 4.90 Å². The maximum atomic E-state index is 12.3. The third kappa shape index (κ3) is 3.73. The molecule has 0 heterocycles. The van der Waals surface area contributed by atoms with E-state index in [1.165, 1.54) is 0 Å². The molecule has 0 saturated heterocycles. The molecular formula is C15H21NO4. The van der Waals surface area contributed by atoms with Crippen LogP contribution < -0.4 is 4.74 Å². The van der Waals surface area contributed by atoms with Crippen molar-refractivity contribution in [2.24, 2.45) is 0 Å². The molecule has 0 spiro atoms. The Kier molecular flexibility index (Phi) is 5.13. The van der Waals surface area contributed by atoms with Crippen molar-refractivity contribution in [3.05, 3.63) is 28.8 Å². The molecule has 1 N–H and O–H groups in total. The number of ether oxygens (including phenoxy) is 1. The highest BCUT2D eigenvalue weighted by Crippen LogP contribution is 2.25. The summed E-state index contributed by atoms with van der Waals surface area (Å²) in [4.78, 5) is 24.5. The van der Waals surface area contributed by atoms with Crippen LogP contribution in [-0.4, -0.2) is 41.6 Å². The van der Waals surface area contributed by atoms with Crippen LogP contribution in [0.3, 0.4) is 0 Å². The summed E-state index contributed by atoms with van der Waals surface area (Å²) in [6.07, 6.45) is 0. The van der Waals surface area contributed by atoms with Crippen LogP contribution in [0.4, 0.5) is 0 Å². The highest BCUT2D eigenvalue weighted by molar-refractivity contribution is 5.95. The lowest BCUT2D eigenvalue weighted by atomic mass is 10.0. The van der Waals surface area contributed by atoms with Crippen molar-refractivity contribution >= 4 is 11.9 Å². The molecule has 110 valence electrons. The molecule has 1 aromatic rings. The number of nitrogens with zero attached hydrogens (tertiary/aromatic N) is 1. The van der Waals surface area contributed by atoms with Crippen LogP contribution in [0.25, 0.3) is 0 Å². The number of rotatable bonds is 5. The van der Waals surface area contributed by atoms with Gasteiger partial charge in [0.1, 0.15) is 5.75 Å². The Labute approximate surface area is 119 Å². The van der Waals surface area contributed by atoms with Crippen molar-refractivity contribution in [3.8, 4) is 5.75 Å². The molecule has 1 aromatic carbocycles. The van der Waals surface area contributed by atoms with E-state index >= 15 is 0 Å². The van der Waals surface area contributed by atoms with Crippen LogP contribution in [0.5, 0.6) is 5.75 Å². The van der Waals surface area contributed by atoms with E-state index in [0.29, 0.717) is 11.3 Å². The minimum atomic E-state index is -1.02. The van der Waals surface area contributed by atoms with Gasteiger partial charge >= 0.3 is 5.97 Å². The Bertz CT molecular complexity index is 500. The fourth-order valence-corrected chi connectivity index (χ4v) is 1.87. The first kappa shape index (κ1) is 16.0. The lowest BCUT2D eigenvalue weighted by Gasteiger charge is -2.22. The number of carboxylic acids is 1. The molecule has 0 fully saturated rings. The van der Waals surface area contributed by atoms with E-state index in [4.69, 9.17) is 9.84 Å². The van der Waals surface area contributed by atoms with E-state index in [-0.39, 0.29) is 18.6 Å². The second kappa shape index (κ2) is 6.41. The highest BCUT2D eigenvalue weighted by Gasteiger charge is 2.17. The highest BCUT2D eigenvalue weighted by atomic mass is 16.5. The first-order valence-electron chi connectivity index (χ1n) is 6.47. The number of aryl methyl sites for hydroxylation is 2.